The molecule has 0 amide bonds. The monoisotopic (exact) mass is 293 g/mol. The van der Waals surface area contributed by atoms with Crippen LogP contribution in [0.2, 0.25) is 0 Å². The van der Waals surface area contributed by atoms with Crippen LogP contribution in [0, 0.1) is 0 Å². The van der Waals surface area contributed by atoms with Crippen molar-refractivity contribution in [1.29, 1.82) is 0 Å². The van der Waals surface area contributed by atoms with Crippen LogP contribution in [0.3, 0.4) is 0 Å². The molecule has 1 N–H and O–H groups in total. The molecule has 0 rings (SSSR count). The van der Waals surface area contributed by atoms with Crippen molar-refractivity contribution in [3.8, 4) is 0 Å². The van der Waals surface area contributed by atoms with Crippen LogP contribution in [0.1, 0.15) is 99.7 Å². The zero-order valence-electron chi connectivity index (χ0n) is 16.1. The van der Waals surface area contributed by atoms with E-state index in [4.69, 9.17) is 5.11 Å². The van der Waals surface area contributed by atoms with Gasteiger partial charge in [-0.2, -0.15) is 0 Å². The van der Waals surface area contributed by atoms with Crippen LogP contribution in [-0.4, -0.2) is 21.2 Å². The standard InChI is InChI=1S/C18H34O2.Be.2H/c1-2-3-4-5-6-7-8-9-10-11-12-13-14-15-16-17-18(19)20;;;/h9-10H,2-8,11-17H2,1H3,(H,19,20);;;/q;+2;2*-1/b10-9-;;;. The summed E-state index contributed by atoms with van der Waals surface area (Å²) in [6.07, 6.45) is 21.2. The SMILES string of the molecule is CCCCCCCC/C=C\CCCCCCCC(=O)O.[Be+2].[H-].[H-]. The molecule has 122 valence electrons. The molecule has 0 atom stereocenters. The van der Waals surface area contributed by atoms with Crippen LogP contribution in [-0.2, 0) is 4.79 Å². The molecule has 0 aromatic heterocycles. The Morgan fingerprint density at radius 2 is 1.24 bits per heavy atom. The molecule has 21 heavy (non-hydrogen) atoms. The summed E-state index contributed by atoms with van der Waals surface area (Å²) in [5.74, 6) is -0.664. The number of rotatable bonds is 15. The molecule has 0 heterocycles. The first-order chi connectivity index (χ1) is 9.77. The van der Waals surface area contributed by atoms with Gasteiger partial charge in [0.1, 0.15) is 0 Å². The second kappa shape index (κ2) is 19.4. The van der Waals surface area contributed by atoms with Crippen LogP contribution >= 0.6 is 0 Å². The molecule has 0 saturated carbocycles. The van der Waals surface area contributed by atoms with E-state index in [2.05, 4.69) is 19.1 Å². The number of hydrogen-bond donors (Lipinski definition) is 1. The maximum absolute atomic E-state index is 10.3. The Bertz CT molecular complexity index is 249. The van der Waals surface area contributed by atoms with Crippen molar-refractivity contribution in [2.75, 3.05) is 0 Å². The van der Waals surface area contributed by atoms with Gasteiger partial charge in [-0.25, -0.2) is 0 Å². The summed E-state index contributed by atoms with van der Waals surface area (Å²) < 4.78 is 0. The largest absolute Gasteiger partial charge is 2.00 e. The van der Waals surface area contributed by atoms with Crippen molar-refractivity contribution in [2.24, 2.45) is 0 Å². The van der Waals surface area contributed by atoms with Gasteiger partial charge >= 0.3 is 16.1 Å². The molecule has 0 fully saturated rings. The fourth-order valence-corrected chi connectivity index (χ4v) is 2.35. The van der Waals surface area contributed by atoms with E-state index in [0.717, 1.165) is 12.8 Å². The Hall–Kier alpha value is -0.621. The molecule has 0 aliphatic rings. The van der Waals surface area contributed by atoms with Gasteiger partial charge in [0, 0.05) is 6.42 Å². The van der Waals surface area contributed by atoms with Gasteiger partial charge in [-0.15, -0.1) is 0 Å². The fraction of sp³-hybridized carbons (Fsp3) is 0.833. The number of unbranched alkanes of at least 4 members (excludes halogenated alkanes) is 11. The van der Waals surface area contributed by atoms with Gasteiger partial charge in [-0.3, -0.25) is 4.79 Å². The Labute approximate surface area is 138 Å². The van der Waals surface area contributed by atoms with Crippen molar-refractivity contribution in [3.63, 3.8) is 0 Å². The Kier molecular flexibility index (Phi) is 20.9. The summed E-state index contributed by atoms with van der Waals surface area (Å²) >= 11 is 0. The molecular formula is C18H36BeO2. The minimum Gasteiger partial charge on any atom is -1.00 e. The Balaban J connectivity index is -0.000000602. The Morgan fingerprint density at radius 1 is 0.810 bits per heavy atom. The van der Waals surface area contributed by atoms with Crippen molar-refractivity contribution in [2.45, 2.75) is 96.8 Å². The predicted octanol–water partition coefficient (Wildman–Crippen LogP) is 5.95. The number of aliphatic carboxylic acids is 1. The molecule has 0 radical (unpaired) electrons. The number of hydrogen-bond acceptors (Lipinski definition) is 1. The van der Waals surface area contributed by atoms with E-state index in [9.17, 15) is 4.79 Å². The van der Waals surface area contributed by atoms with E-state index in [0.29, 0.717) is 6.42 Å². The van der Waals surface area contributed by atoms with Crippen LogP contribution in [0.4, 0.5) is 0 Å². The quantitative estimate of drug-likeness (QED) is 0.230. The second-order valence-corrected chi connectivity index (χ2v) is 5.73. The van der Waals surface area contributed by atoms with Crippen molar-refractivity contribution in [3.05, 3.63) is 12.2 Å². The third-order valence-electron chi connectivity index (χ3n) is 3.65. The minimum atomic E-state index is -0.664. The van der Waals surface area contributed by atoms with Gasteiger partial charge in [0.25, 0.3) is 0 Å². The molecule has 0 saturated heterocycles. The molecule has 2 nitrogen and oxygen atoms in total. The van der Waals surface area contributed by atoms with E-state index in [1.807, 2.05) is 0 Å². The van der Waals surface area contributed by atoms with E-state index < -0.39 is 5.97 Å². The molecule has 0 aromatic rings. The molecule has 0 aromatic carbocycles. The fourth-order valence-electron chi connectivity index (χ4n) is 2.35. The van der Waals surface area contributed by atoms with E-state index >= 15 is 0 Å². The Morgan fingerprint density at radius 3 is 1.71 bits per heavy atom. The first kappa shape index (κ1) is 22.7. The number of allylic oxidation sites excluding steroid dienone is 2. The first-order valence-electron chi connectivity index (χ1n) is 8.64. The van der Waals surface area contributed by atoms with Gasteiger partial charge in [-0.05, 0) is 32.1 Å². The van der Waals surface area contributed by atoms with E-state index in [-0.39, 0.29) is 13.0 Å². The summed E-state index contributed by atoms with van der Waals surface area (Å²) in [6, 6.07) is 0. The zero-order valence-corrected chi connectivity index (χ0v) is 14.1. The topological polar surface area (TPSA) is 37.3 Å². The molecule has 0 aliphatic carbocycles. The predicted molar refractivity (Wildman–Crippen MR) is 95.1 cm³/mol. The summed E-state index contributed by atoms with van der Waals surface area (Å²) in [5, 5.41) is 8.51. The molecule has 3 heteroatoms. The third kappa shape index (κ3) is 21.8. The van der Waals surface area contributed by atoms with Crippen LogP contribution in [0.15, 0.2) is 12.2 Å². The third-order valence-corrected chi connectivity index (χ3v) is 3.65. The van der Waals surface area contributed by atoms with Crippen molar-refractivity contribution in [1.82, 2.24) is 0 Å². The average Bonchev–Trinajstić information content (AvgIpc) is 2.43. The van der Waals surface area contributed by atoms with Gasteiger partial charge in [0.05, 0.1) is 0 Å². The van der Waals surface area contributed by atoms with Crippen LogP contribution in [0.5, 0.6) is 0 Å². The van der Waals surface area contributed by atoms with Gasteiger partial charge in [0.2, 0.25) is 0 Å². The normalized spacial score (nSPS) is 10.7. The van der Waals surface area contributed by atoms with E-state index in [1.54, 1.807) is 0 Å². The van der Waals surface area contributed by atoms with Crippen LogP contribution < -0.4 is 0 Å². The molecule has 0 unspecified atom stereocenters. The summed E-state index contributed by atoms with van der Waals surface area (Å²) in [4.78, 5) is 10.3. The summed E-state index contributed by atoms with van der Waals surface area (Å²) in [6.45, 7) is 2.26. The molecule has 0 spiro atoms. The number of carboxylic acids is 1. The maximum atomic E-state index is 10.3. The number of carboxylic acid groups (broad SMARTS) is 1. The van der Waals surface area contributed by atoms with Crippen molar-refractivity contribution >= 4 is 16.1 Å². The van der Waals surface area contributed by atoms with Gasteiger partial charge in [0.15, 0.2) is 0 Å². The summed E-state index contributed by atoms with van der Waals surface area (Å²) in [7, 11) is 0. The number of carbonyl (C=O) groups is 1. The molecule has 0 aliphatic heterocycles. The van der Waals surface area contributed by atoms with E-state index in [1.165, 1.54) is 70.6 Å². The van der Waals surface area contributed by atoms with Crippen molar-refractivity contribution < 1.29 is 12.8 Å². The maximum Gasteiger partial charge on any atom is 2.00 e. The zero-order chi connectivity index (χ0) is 14.9. The first-order valence-corrected chi connectivity index (χ1v) is 8.64. The molecular weight excluding hydrogens is 257 g/mol. The minimum absolute atomic E-state index is 0. The second-order valence-electron chi connectivity index (χ2n) is 5.73. The van der Waals surface area contributed by atoms with Gasteiger partial charge in [-0.1, -0.05) is 70.4 Å². The summed E-state index contributed by atoms with van der Waals surface area (Å²) in [5.41, 5.74) is 0. The van der Waals surface area contributed by atoms with Crippen LogP contribution in [0.25, 0.3) is 0 Å². The average molecular weight is 293 g/mol. The molecule has 0 bridgehead atoms. The van der Waals surface area contributed by atoms with Gasteiger partial charge < -0.3 is 7.96 Å². The smallest absolute Gasteiger partial charge is 1.00 e.